The Balaban J connectivity index is 1.93. The van der Waals surface area contributed by atoms with Crippen molar-refractivity contribution in [1.82, 2.24) is 9.55 Å². The van der Waals surface area contributed by atoms with E-state index in [2.05, 4.69) is 17.6 Å². The number of hydrogen-bond acceptors (Lipinski definition) is 3. The summed E-state index contributed by atoms with van der Waals surface area (Å²) in [5.41, 5.74) is 1.51. The largest absolute Gasteiger partial charge is 0.389 e. The first kappa shape index (κ1) is 14.5. The van der Waals surface area contributed by atoms with Gasteiger partial charge in [0.1, 0.15) is 5.82 Å². The van der Waals surface area contributed by atoms with Gasteiger partial charge in [0.15, 0.2) is 0 Å². The highest BCUT2D eigenvalue weighted by molar-refractivity contribution is 5.75. The van der Waals surface area contributed by atoms with Crippen molar-refractivity contribution in [2.24, 2.45) is 0 Å². The number of ether oxygens (including phenoxy) is 1. The average Bonchev–Trinajstić information content (AvgIpc) is 2.66. The quantitative estimate of drug-likeness (QED) is 0.941. The van der Waals surface area contributed by atoms with Gasteiger partial charge in [-0.1, -0.05) is 19.1 Å². The first-order chi connectivity index (χ1) is 10.2. The lowest BCUT2D eigenvalue weighted by molar-refractivity contribution is 0.0165. The summed E-state index contributed by atoms with van der Waals surface area (Å²) in [6.07, 6.45) is 4.09. The number of hydrogen-bond donors (Lipinski definition) is 1. The Morgan fingerprint density at radius 1 is 1.29 bits per heavy atom. The van der Waals surface area contributed by atoms with Crippen LogP contribution in [0.25, 0.3) is 11.0 Å². The summed E-state index contributed by atoms with van der Waals surface area (Å²) >= 11 is 0. The van der Waals surface area contributed by atoms with E-state index in [4.69, 9.17) is 9.72 Å². The number of fused-ring (bicyclic) bond motifs is 1. The second kappa shape index (κ2) is 6.16. The Labute approximate surface area is 125 Å². The maximum Gasteiger partial charge on any atom is 0.112 e. The molecule has 1 saturated heterocycles. The molecule has 0 amide bonds. The molecule has 1 aromatic heterocycles. The van der Waals surface area contributed by atoms with Crippen LogP contribution in [0.1, 0.15) is 38.4 Å². The molecule has 1 aliphatic heterocycles. The number of aliphatic hydroxyl groups is 1. The van der Waals surface area contributed by atoms with Crippen molar-refractivity contribution in [3.05, 3.63) is 30.1 Å². The van der Waals surface area contributed by atoms with E-state index < -0.39 is 5.60 Å². The molecular formula is C17H24N2O2. The van der Waals surface area contributed by atoms with Crippen LogP contribution in [0.4, 0.5) is 0 Å². The van der Waals surface area contributed by atoms with Crippen molar-refractivity contribution < 1.29 is 9.84 Å². The van der Waals surface area contributed by atoms with E-state index in [1.807, 2.05) is 18.2 Å². The molecule has 1 atom stereocenters. The van der Waals surface area contributed by atoms with E-state index in [1.165, 1.54) is 5.52 Å². The van der Waals surface area contributed by atoms with E-state index >= 15 is 0 Å². The fourth-order valence-electron chi connectivity index (χ4n) is 3.20. The molecule has 114 valence electrons. The zero-order valence-electron chi connectivity index (χ0n) is 12.7. The van der Waals surface area contributed by atoms with Gasteiger partial charge in [0.25, 0.3) is 0 Å². The molecule has 0 spiro atoms. The van der Waals surface area contributed by atoms with Crippen LogP contribution in [-0.4, -0.2) is 33.5 Å². The van der Waals surface area contributed by atoms with Gasteiger partial charge in [-0.05, 0) is 37.8 Å². The molecule has 4 nitrogen and oxygen atoms in total. The molecule has 1 fully saturated rings. The number of imidazole rings is 1. The highest BCUT2D eigenvalue weighted by atomic mass is 16.5. The molecular weight excluding hydrogens is 264 g/mol. The third-order valence-electron chi connectivity index (χ3n) is 4.31. The van der Waals surface area contributed by atoms with Crippen LogP contribution in [0, 0.1) is 0 Å². The number of rotatable bonds is 4. The van der Waals surface area contributed by atoms with E-state index in [1.54, 1.807) is 0 Å². The molecule has 1 aliphatic rings. The number of benzene rings is 1. The predicted molar refractivity (Wildman–Crippen MR) is 83.3 cm³/mol. The number of nitrogens with zero attached hydrogens (tertiary/aromatic N) is 2. The number of aromatic nitrogens is 2. The smallest absolute Gasteiger partial charge is 0.112 e. The Morgan fingerprint density at radius 2 is 2.14 bits per heavy atom. The second-order valence-corrected chi connectivity index (χ2v) is 6.04. The molecule has 2 aromatic rings. The maximum atomic E-state index is 10.9. The van der Waals surface area contributed by atoms with Gasteiger partial charge in [-0.2, -0.15) is 0 Å². The van der Waals surface area contributed by atoms with Crippen LogP contribution in [-0.2, 0) is 17.7 Å². The molecule has 21 heavy (non-hydrogen) atoms. The molecule has 0 bridgehead atoms. The standard InChI is InChI=1S/C17H24N2O2/c1-2-10-19-15-7-4-3-6-14(15)18-16(19)13-17(20)8-5-11-21-12-9-17/h3-4,6-7,20H,2,5,8-13H2,1H3. The lowest BCUT2D eigenvalue weighted by Gasteiger charge is -2.26. The molecule has 0 radical (unpaired) electrons. The summed E-state index contributed by atoms with van der Waals surface area (Å²) in [5, 5.41) is 10.9. The van der Waals surface area contributed by atoms with E-state index in [9.17, 15) is 5.11 Å². The fraction of sp³-hybridized carbons (Fsp3) is 0.588. The zero-order valence-corrected chi connectivity index (χ0v) is 12.7. The van der Waals surface area contributed by atoms with Crippen molar-refractivity contribution in [3.63, 3.8) is 0 Å². The average molecular weight is 288 g/mol. The van der Waals surface area contributed by atoms with Crippen LogP contribution in [0.3, 0.4) is 0 Å². The maximum absolute atomic E-state index is 10.9. The topological polar surface area (TPSA) is 47.3 Å². The fourth-order valence-corrected chi connectivity index (χ4v) is 3.20. The normalized spacial score (nSPS) is 23.3. The van der Waals surface area contributed by atoms with E-state index in [0.29, 0.717) is 19.4 Å². The van der Waals surface area contributed by atoms with E-state index in [-0.39, 0.29) is 0 Å². The summed E-state index contributed by atoms with van der Waals surface area (Å²) in [6, 6.07) is 8.23. The van der Waals surface area contributed by atoms with Gasteiger partial charge in [0, 0.05) is 26.2 Å². The van der Waals surface area contributed by atoms with Crippen LogP contribution in [0.5, 0.6) is 0 Å². The third-order valence-corrected chi connectivity index (χ3v) is 4.31. The molecule has 2 heterocycles. The lowest BCUT2D eigenvalue weighted by atomic mass is 9.91. The van der Waals surface area contributed by atoms with Crippen molar-refractivity contribution in [3.8, 4) is 0 Å². The lowest BCUT2D eigenvalue weighted by Crippen LogP contribution is -2.33. The summed E-state index contributed by atoms with van der Waals surface area (Å²) in [4.78, 5) is 4.76. The third kappa shape index (κ3) is 3.11. The van der Waals surface area contributed by atoms with E-state index in [0.717, 1.165) is 43.8 Å². The Hall–Kier alpha value is -1.39. The van der Waals surface area contributed by atoms with Crippen molar-refractivity contribution in [1.29, 1.82) is 0 Å². The van der Waals surface area contributed by atoms with Crippen molar-refractivity contribution in [2.75, 3.05) is 13.2 Å². The molecule has 1 N–H and O–H groups in total. The predicted octanol–water partition coefficient (Wildman–Crippen LogP) is 2.92. The first-order valence-corrected chi connectivity index (χ1v) is 7.96. The Morgan fingerprint density at radius 3 is 3.00 bits per heavy atom. The summed E-state index contributed by atoms with van der Waals surface area (Å²) < 4.78 is 7.74. The van der Waals surface area contributed by atoms with Gasteiger partial charge in [0.2, 0.25) is 0 Å². The van der Waals surface area contributed by atoms with Crippen LogP contribution in [0.2, 0.25) is 0 Å². The van der Waals surface area contributed by atoms with Crippen LogP contribution in [0.15, 0.2) is 24.3 Å². The molecule has 1 aromatic carbocycles. The highest BCUT2D eigenvalue weighted by Gasteiger charge is 2.30. The number of aryl methyl sites for hydroxylation is 1. The Kier molecular flexibility index (Phi) is 4.27. The molecule has 3 rings (SSSR count). The molecule has 0 saturated carbocycles. The minimum absolute atomic E-state index is 0.616. The zero-order chi connectivity index (χ0) is 14.7. The minimum atomic E-state index is -0.677. The summed E-state index contributed by atoms with van der Waals surface area (Å²) in [5.74, 6) is 1.00. The molecule has 0 aliphatic carbocycles. The second-order valence-electron chi connectivity index (χ2n) is 6.04. The molecule has 4 heteroatoms. The summed E-state index contributed by atoms with van der Waals surface area (Å²) in [6.45, 7) is 4.52. The van der Waals surface area contributed by atoms with Gasteiger partial charge in [-0.25, -0.2) is 4.98 Å². The van der Waals surface area contributed by atoms with Crippen LogP contribution >= 0.6 is 0 Å². The van der Waals surface area contributed by atoms with Crippen molar-refractivity contribution in [2.45, 2.75) is 51.2 Å². The first-order valence-electron chi connectivity index (χ1n) is 7.96. The Bertz CT molecular complexity index is 598. The van der Waals surface area contributed by atoms with Gasteiger partial charge < -0.3 is 14.4 Å². The van der Waals surface area contributed by atoms with Gasteiger partial charge >= 0.3 is 0 Å². The highest BCUT2D eigenvalue weighted by Crippen LogP contribution is 2.27. The van der Waals surface area contributed by atoms with Gasteiger partial charge in [-0.3, -0.25) is 0 Å². The van der Waals surface area contributed by atoms with Crippen molar-refractivity contribution >= 4 is 11.0 Å². The summed E-state index contributed by atoms with van der Waals surface area (Å²) in [7, 11) is 0. The van der Waals surface area contributed by atoms with Gasteiger partial charge in [-0.15, -0.1) is 0 Å². The van der Waals surface area contributed by atoms with Gasteiger partial charge in [0.05, 0.1) is 16.6 Å². The SMILES string of the molecule is CCCn1c(CC2(O)CCCOCC2)nc2ccccc21. The monoisotopic (exact) mass is 288 g/mol. The minimum Gasteiger partial charge on any atom is -0.389 e. The van der Waals surface area contributed by atoms with Crippen LogP contribution < -0.4 is 0 Å². The molecule has 1 unspecified atom stereocenters. The number of para-hydroxylation sites is 2.